The molecule has 1 aliphatic heterocycles. The number of carbonyl (C=O) groups excluding carboxylic acids is 1. The molecule has 4 heteroatoms. The molecule has 1 amide bonds. The second-order valence-electron chi connectivity index (χ2n) is 6.43. The molecule has 126 valence electrons. The van der Waals surface area contributed by atoms with Crippen molar-refractivity contribution in [2.75, 3.05) is 13.1 Å². The van der Waals surface area contributed by atoms with Gasteiger partial charge in [0.25, 0.3) is 5.91 Å². The van der Waals surface area contributed by atoms with Gasteiger partial charge >= 0.3 is 0 Å². The van der Waals surface area contributed by atoms with Crippen molar-refractivity contribution >= 4 is 5.91 Å². The Bertz CT molecular complexity index is 654. The smallest absolute Gasteiger partial charge is 0.251 e. The molecular weight excluding hydrogens is 298 g/mol. The lowest BCUT2D eigenvalue weighted by Crippen LogP contribution is -2.47. The fraction of sp³-hybridized carbons (Fsp3) is 0.350. The van der Waals surface area contributed by atoms with E-state index in [9.17, 15) is 4.79 Å². The highest BCUT2D eigenvalue weighted by Crippen LogP contribution is 2.14. The molecule has 1 unspecified atom stereocenters. The van der Waals surface area contributed by atoms with Gasteiger partial charge in [-0.25, -0.2) is 0 Å². The number of nitrogens with two attached hydrogens (primary N) is 1. The number of amides is 1. The minimum atomic E-state index is 0.00475. The van der Waals surface area contributed by atoms with Crippen molar-refractivity contribution in [3.05, 3.63) is 71.3 Å². The average molecular weight is 323 g/mol. The quantitative estimate of drug-likeness (QED) is 0.889. The lowest BCUT2D eigenvalue weighted by atomic mass is 10.0. The van der Waals surface area contributed by atoms with Gasteiger partial charge in [-0.1, -0.05) is 42.5 Å². The summed E-state index contributed by atoms with van der Waals surface area (Å²) in [6.07, 6.45) is 2.15. The summed E-state index contributed by atoms with van der Waals surface area (Å²) in [4.78, 5) is 14.8. The summed E-state index contributed by atoms with van der Waals surface area (Å²) >= 11 is 0. The van der Waals surface area contributed by atoms with E-state index in [1.165, 1.54) is 5.56 Å². The number of likely N-dealkylation sites (tertiary alicyclic amines) is 1. The Morgan fingerprint density at radius 3 is 2.54 bits per heavy atom. The minimum Gasteiger partial charge on any atom is -0.348 e. The van der Waals surface area contributed by atoms with E-state index in [-0.39, 0.29) is 11.9 Å². The third-order valence-corrected chi connectivity index (χ3v) is 4.54. The molecule has 2 aromatic rings. The zero-order valence-electron chi connectivity index (χ0n) is 13.9. The summed E-state index contributed by atoms with van der Waals surface area (Å²) in [5.41, 5.74) is 8.66. The molecule has 1 atom stereocenters. The highest BCUT2D eigenvalue weighted by Gasteiger charge is 2.21. The number of rotatable bonds is 5. The van der Waals surface area contributed by atoms with E-state index in [2.05, 4.69) is 34.5 Å². The van der Waals surface area contributed by atoms with E-state index in [1.807, 2.05) is 30.3 Å². The van der Waals surface area contributed by atoms with E-state index in [4.69, 9.17) is 5.73 Å². The second-order valence-corrected chi connectivity index (χ2v) is 6.43. The molecule has 0 radical (unpaired) electrons. The van der Waals surface area contributed by atoms with Crippen LogP contribution in [0.5, 0.6) is 0 Å². The maximum Gasteiger partial charge on any atom is 0.251 e. The first-order valence-corrected chi connectivity index (χ1v) is 8.61. The second kappa shape index (κ2) is 8.08. The van der Waals surface area contributed by atoms with Crippen LogP contribution in [0.1, 0.15) is 34.3 Å². The van der Waals surface area contributed by atoms with Crippen LogP contribution >= 0.6 is 0 Å². The zero-order valence-corrected chi connectivity index (χ0v) is 13.9. The van der Waals surface area contributed by atoms with Gasteiger partial charge in [-0.05, 0) is 42.6 Å². The normalized spacial score (nSPS) is 18.3. The van der Waals surface area contributed by atoms with Crippen LogP contribution in [0.2, 0.25) is 0 Å². The van der Waals surface area contributed by atoms with Crippen molar-refractivity contribution in [3.8, 4) is 0 Å². The van der Waals surface area contributed by atoms with Crippen molar-refractivity contribution in [3.63, 3.8) is 0 Å². The molecule has 0 aliphatic carbocycles. The molecule has 0 aromatic heterocycles. The maximum absolute atomic E-state index is 12.4. The molecule has 24 heavy (non-hydrogen) atoms. The summed E-state index contributed by atoms with van der Waals surface area (Å²) in [6, 6.07) is 18.2. The third-order valence-electron chi connectivity index (χ3n) is 4.54. The fourth-order valence-corrected chi connectivity index (χ4v) is 3.22. The summed E-state index contributed by atoms with van der Waals surface area (Å²) in [5.74, 6) is 0.00475. The number of benzene rings is 2. The van der Waals surface area contributed by atoms with Crippen LogP contribution < -0.4 is 11.1 Å². The highest BCUT2D eigenvalue weighted by atomic mass is 16.1. The SMILES string of the molecule is NCc1ccc(C(=O)NC2CCCN(Cc3ccccc3)C2)cc1. The first-order valence-electron chi connectivity index (χ1n) is 8.61. The van der Waals surface area contributed by atoms with E-state index in [1.54, 1.807) is 0 Å². The Kier molecular flexibility index (Phi) is 5.62. The van der Waals surface area contributed by atoms with Gasteiger partial charge in [0.05, 0.1) is 0 Å². The molecule has 4 nitrogen and oxygen atoms in total. The largest absolute Gasteiger partial charge is 0.348 e. The zero-order chi connectivity index (χ0) is 16.8. The van der Waals surface area contributed by atoms with Crippen LogP contribution in [0.25, 0.3) is 0 Å². The van der Waals surface area contributed by atoms with Crippen LogP contribution in [0.4, 0.5) is 0 Å². The predicted octanol–water partition coefficient (Wildman–Crippen LogP) is 2.54. The monoisotopic (exact) mass is 323 g/mol. The van der Waals surface area contributed by atoms with Crippen LogP contribution in [0.15, 0.2) is 54.6 Å². The number of carbonyl (C=O) groups is 1. The van der Waals surface area contributed by atoms with Gasteiger partial charge in [0.15, 0.2) is 0 Å². The van der Waals surface area contributed by atoms with Gasteiger partial charge < -0.3 is 11.1 Å². The van der Waals surface area contributed by atoms with Crippen molar-refractivity contribution in [2.45, 2.75) is 32.0 Å². The Morgan fingerprint density at radius 2 is 1.83 bits per heavy atom. The van der Waals surface area contributed by atoms with Crippen LogP contribution in [0.3, 0.4) is 0 Å². The van der Waals surface area contributed by atoms with Gasteiger partial charge in [-0.2, -0.15) is 0 Å². The van der Waals surface area contributed by atoms with Crippen LogP contribution in [0, 0.1) is 0 Å². The van der Waals surface area contributed by atoms with Crippen molar-refractivity contribution in [1.29, 1.82) is 0 Å². The third kappa shape index (κ3) is 4.43. The topological polar surface area (TPSA) is 58.4 Å². The predicted molar refractivity (Wildman–Crippen MR) is 96.5 cm³/mol. The lowest BCUT2D eigenvalue weighted by molar-refractivity contribution is 0.0901. The molecule has 0 spiro atoms. The first kappa shape index (κ1) is 16.7. The molecule has 2 aromatic carbocycles. The fourth-order valence-electron chi connectivity index (χ4n) is 3.22. The summed E-state index contributed by atoms with van der Waals surface area (Å²) in [5, 5.41) is 3.18. The Labute approximate surface area is 143 Å². The van der Waals surface area contributed by atoms with Gasteiger partial charge in [-0.3, -0.25) is 9.69 Å². The van der Waals surface area contributed by atoms with Crippen molar-refractivity contribution < 1.29 is 4.79 Å². The van der Waals surface area contributed by atoms with E-state index < -0.39 is 0 Å². The van der Waals surface area contributed by atoms with E-state index in [0.29, 0.717) is 12.1 Å². The van der Waals surface area contributed by atoms with Crippen molar-refractivity contribution in [2.24, 2.45) is 5.73 Å². The van der Waals surface area contributed by atoms with E-state index in [0.717, 1.165) is 38.0 Å². The van der Waals surface area contributed by atoms with Crippen molar-refractivity contribution in [1.82, 2.24) is 10.2 Å². The summed E-state index contributed by atoms with van der Waals surface area (Å²) in [7, 11) is 0. The standard InChI is InChI=1S/C20H25N3O/c21-13-16-8-10-18(11-9-16)20(24)22-19-7-4-12-23(15-19)14-17-5-2-1-3-6-17/h1-3,5-6,8-11,19H,4,7,12-15,21H2,(H,22,24). The molecule has 1 aliphatic rings. The van der Waals surface area contributed by atoms with Gasteiger partial charge in [0.1, 0.15) is 0 Å². The number of hydrogen-bond acceptors (Lipinski definition) is 3. The first-order chi connectivity index (χ1) is 11.7. The number of hydrogen-bond donors (Lipinski definition) is 2. The molecule has 1 fully saturated rings. The molecule has 0 bridgehead atoms. The molecule has 1 heterocycles. The molecule has 3 rings (SSSR count). The minimum absolute atomic E-state index is 0.00475. The Balaban J connectivity index is 1.55. The van der Waals surface area contributed by atoms with Crippen LogP contribution in [-0.2, 0) is 13.1 Å². The molecule has 0 saturated carbocycles. The van der Waals surface area contributed by atoms with Crippen LogP contribution in [-0.4, -0.2) is 29.9 Å². The summed E-state index contributed by atoms with van der Waals surface area (Å²) in [6.45, 7) is 3.44. The van der Waals surface area contributed by atoms with Gasteiger partial charge in [-0.15, -0.1) is 0 Å². The number of piperidine rings is 1. The van der Waals surface area contributed by atoms with E-state index >= 15 is 0 Å². The summed E-state index contributed by atoms with van der Waals surface area (Å²) < 4.78 is 0. The highest BCUT2D eigenvalue weighted by molar-refractivity contribution is 5.94. The maximum atomic E-state index is 12.4. The average Bonchev–Trinajstić information content (AvgIpc) is 2.63. The molecule has 3 N–H and O–H groups in total. The Hall–Kier alpha value is -2.17. The number of nitrogens with one attached hydrogen (secondary N) is 1. The Morgan fingerprint density at radius 1 is 1.08 bits per heavy atom. The molecular formula is C20H25N3O. The lowest BCUT2D eigenvalue weighted by Gasteiger charge is -2.33. The van der Waals surface area contributed by atoms with Gasteiger partial charge in [0, 0.05) is 31.2 Å². The number of nitrogens with zero attached hydrogens (tertiary/aromatic N) is 1. The van der Waals surface area contributed by atoms with Gasteiger partial charge in [0.2, 0.25) is 0 Å². The molecule has 1 saturated heterocycles.